The van der Waals surface area contributed by atoms with Crippen LogP contribution in [0.5, 0.6) is 0 Å². The van der Waals surface area contributed by atoms with Crippen molar-refractivity contribution in [3.05, 3.63) is 48.0 Å². The van der Waals surface area contributed by atoms with E-state index in [-0.39, 0.29) is 0 Å². The Kier molecular flexibility index (Phi) is 4.09. The van der Waals surface area contributed by atoms with Crippen molar-refractivity contribution in [2.45, 2.75) is 44.2 Å². The molecule has 2 aliphatic heterocycles. The van der Waals surface area contributed by atoms with Crippen molar-refractivity contribution in [1.29, 1.82) is 0 Å². The van der Waals surface area contributed by atoms with E-state index in [1.807, 2.05) is 6.33 Å². The van der Waals surface area contributed by atoms with Gasteiger partial charge in [0.1, 0.15) is 12.2 Å². The van der Waals surface area contributed by atoms with E-state index < -0.39 is 0 Å². The van der Waals surface area contributed by atoms with Crippen LogP contribution in [0, 0.1) is 5.41 Å². The lowest BCUT2D eigenvalue weighted by atomic mass is 9.70. The largest absolute Gasteiger partial charge is 0.320 e. The minimum Gasteiger partial charge on any atom is -0.320 e. The molecule has 3 fully saturated rings. The van der Waals surface area contributed by atoms with Crippen molar-refractivity contribution in [3.63, 3.8) is 0 Å². The number of aromatic nitrogens is 3. The van der Waals surface area contributed by atoms with Crippen molar-refractivity contribution in [2.75, 3.05) is 26.2 Å². The van der Waals surface area contributed by atoms with Gasteiger partial charge in [0.2, 0.25) is 0 Å². The van der Waals surface area contributed by atoms with Crippen molar-refractivity contribution < 1.29 is 0 Å². The Hall–Kier alpha value is -1.72. The molecule has 5 nitrogen and oxygen atoms in total. The third kappa shape index (κ3) is 2.78. The molecule has 0 N–H and O–H groups in total. The smallest absolute Gasteiger partial charge is 0.137 e. The van der Waals surface area contributed by atoms with Gasteiger partial charge in [-0.25, -0.2) is 0 Å². The van der Waals surface area contributed by atoms with Gasteiger partial charge in [0.25, 0.3) is 0 Å². The van der Waals surface area contributed by atoms with Gasteiger partial charge in [-0.2, -0.15) is 0 Å². The van der Waals surface area contributed by atoms with E-state index in [0.29, 0.717) is 11.3 Å². The molecular weight excluding hydrogens is 322 g/mol. The van der Waals surface area contributed by atoms with E-state index in [9.17, 15) is 0 Å². The van der Waals surface area contributed by atoms with Gasteiger partial charge in [0.15, 0.2) is 0 Å². The number of hydrogen-bond donors (Lipinski definition) is 0. The van der Waals surface area contributed by atoms with E-state index in [4.69, 9.17) is 0 Å². The zero-order valence-electron chi connectivity index (χ0n) is 15.7. The normalized spacial score (nSPS) is 26.6. The average Bonchev–Trinajstić information content (AvgIpc) is 3.33. The first-order chi connectivity index (χ1) is 12.7. The van der Waals surface area contributed by atoms with E-state index >= 15 is 0 Å². The summed E-state index contributed by atoms with van der Waals surface area (Å²) in [6.07, 6.45) is 7.50. The zero-order chi connectivity index (χ0) is 17.6. The van der Waals surface area contributed by atoms with Crippen molar-refractivity contribution >= 4 is 0 Å². The molecule has 1 aromatic heterocycles. The second kappa shape index (κ2) is 6.46. The molecule has 0 radical (unpaired) electrons. The van der Waals surface area contributed by atoms with Crippen LogP contribution in [-0.4, -0.2) is 56.8 Å². The first kappa shape index (κ1) is 16.5. The summed E-state index contributed by atoms with van der Waals surface area (Å²) in [5.74, 6) is 1.67. The molecule has 26 heavy (non-hydrogen) atoms. The Labute approximate surface area is 156 Å². The fourth-order valence-corrected chi connectivity index (χ4v) is 5.61. The summed E-state index contributed by atoms with van der Waals surface area (Å²) in [6.45, 7) is 5.80. The van der Waals surface area contributed by atoms with E-state index in [0.717, 1.165) is 19.1 Å². The van der Waals surface area contributed by atoms with E-state index in [2.05, 4.69) is 61.9 Å². The van der Waals surface area contributed by atoms with Crippen LogP contribution in [0.4, 0.5) is 0 Å². The first-order valence-electron chi connectivity index (χ1n) is 10.1. The Morgan fingerprint density at radius 3 is 2.54 bits per heavy atom. The van der Waals surface area contributed by atoms with Crippen LogP contribution in [0.2, 0.25) is 0 Å². The maximum Gasteiger partial charge on any atom is 0.137 e. The molecule has 5 heteroatoms. The number of benzene rings is 1. The second-order valence-corrected chi connectivity index (χ2v) is 8.71. The molecule has 0 amide bonds. The van der Waals surface area contributed by atoms with Gasteiger partial charge in [-0.05, 0) is 18.4 Å². The van der Waals surface area contributed by atoms with Crippen LogP contribution < -0.4 is 0 Å². The van der Waals surface area contributed by atoms with Gasteiger partial charge in [-0.3, -0.25) is 9.80 Å². The van der Waals surface area contributed by atoms with Gasteiger partial charge in [-0.15, -0.1) is 10.2 Å². The minimum atomic E-state index is 0.359. The number of likely N-dealkylation sites (tertiary alicyclic amines) is 2. The molecule has 5 rings (SSSR count). The second-order valence-electron chi connectivity index (χ2n) is 8.71. The average molecular weight is 351 g/mol. The Morgan fingerprint density at radius 1 is 1.08 bits per heavy atom. The van der Waals surface area contributed by atoms with Gasteiger partial charge < -0.3 is 4.57 Å². The van der Waals surface area contributed by atoms with Gasteiger partial charge >= 0.3 is 0 Å². The number of aryl methyl sites for hydroxylation is 1. The molecule has 0 bridgehead atoms. The lowest BCUT2D eigenvalue weighted by Crippen LogP contribution is -2.62. The summed E-state index contributed by atoms with van der Waals surface area (Å²) in [6, 6.07) is 11.7. The standard InChI is InChI=1S/C21H29N5/c1-24-16-22-23-20(24)19-12-25(11-17-7-3-2-4-8-17)13-21(19)14-26(15-21)18-9-5-6-10-18/h2-4,7-8,16,18-19H,5-6,9-15H2,1H3. The summed E-state index contributed by atoms with van der Waals surface area (Å²) in [7, 11) is 2.09. The quantitative estimate of drug-likeness (QED) is 0.849. The van der Waals surface area contributed by atoms with Gasteiger partial charge in [0, 0.05) is 57.1 Å². The third-order valence-electron chi connectivity index (χ3n) is 6.90. The monoisotopic (exact) mass is 351 g/mol. The predicted molar refractivity (Wildman–Crippen MR) is 102 cm³/mol. The summed E-state index contributed by atoms with van der Waals surface area (Å²) in [5.41, 5.74) is 1.77. The van der Waals surface area contributed by atoms with Crippen LogP contribution in [-0.2, 0) is 13.6 Å². The van der Waals surface area contributed by atoms with Crippen molar-refractivity contribution in [1.82, 2.24) is 24.6 Å². The number of rotatable bonds is 4. The highest BCUT2D eigenvalue weighted by Gasteiger charge is 2.56. The molecule has 1 spiro atoms. The van der Waals surface area contributed by atoms with E-state index in [1.54, 1.807) is 0 Å². The Morgan fingerprint density at radius 2 is 1.85 bits per heavy atom. The molecule has 1 unspecified atom stereocenters. The molecule has 3 heterocycles. The highest BCUT2D eigenvalue weighted by atomic mass is 15.3. The van der Waals surface area contributed by atoms with Crippen LogP contribution >= 0.6 is 0 Å². The molecule has 1 atom stereocenters. The maximum atomic E-state index is 4.51. The number of hydrogen-bond acceptors (Lipinski definition) is 4. The fourth-order valence-electron chi connectivity index (χ4n) is 5.61. The van der Waals surface area contributed by atoms with Crippen molar-refractivity contribution in [2.24, 2.45) is 12.5 Å². The Balaban J connectivity index is 1.36. The summed E-state index contributed by atoms with van der Waals surface area (Å²) < 4.78 is 2.14. The molecule has 2 aromatic rings. The van der Waals surface area contributed by atoms with Gasteiger partial charge in [-0.1, -0.05) is 43.2 Å². The topological polar surface area (TPSA) is 37.2 Å². The van der Waals surface area contributed by atoms with Crippen LogP contribution in [0.1, 0.15) is 43.0 Å². The molecular formula is C21H29N5. The highest BCUT2D eigenvalue weighted by Crippen LogP contribution is 2.50. The van der Waals surface area contributed by atoms with Crippen LogP contribution in [0.3, 0.4) is 0 Å². The highest BCUT2D eigenvalue weighted by molar-refractivity contribution is 5.20. The first-order valence-corrected chi connectivity index (χ1v) is 10.1. The van der Waals surface area contributed by atoms with Gasteiger partial charge in [0.05, 0.1) is 0 Å². The number of nitrogens with zero attached hydrogens (tertiary/aromatic N) is 5. The molecule has 1 saturated carbocycles. The Bertz CT molecular complexity index is 743. The molecule has 2 saturated heterocycles. The van der Waals surface area contributed by atoms with Crippen LogP contribution in [0.25, 0.3) is 0 Å². The summed E-state index contributed by atoms with van der Waals surface area (Å²) >= 11 is 0. The zero-order valence-corrected chi connectivity index (χ0v) is 15.7. The van der Waals surface area contributed by atoms with Crippen LogP contribution in [0.15, 0.2) is 36.7 Å². The molecule has 1 aromatic carbocycles. The molecule has 3 aliphatic rings. The lowest BCUT2D eigenvalue weighted by molar-refractivity contribution is -0.0342. The molecule has 1 aliphatic carbocycles. The summed E-state index contributed by atoms with van der Waals surface area (Å²) in [4.78, 5) is 5.39. The lowest BCUT2D eigenvalue weighted by Gasteiger charge is -2.53. The fraction of sp³-hybridized carbons (Fsp3) is 0.619. The van der Waals surface area contributed by atoms with E-state index in [1.165, 1.54) is 56.7 Å². The molecule has 138 valence electrons. The minimum absolute atomic E-state index is 0.359. The summed E-state index contributed by atoms with van der Waals surface area (Å²) in [5, 5.41) is 8.68. The maximum absolute atomic E-state index is 4.51. The SMILES string of the molecule is Cn1cnnc1C1CN(Cc2ccccc2)CC12CN(C1CCCC1)C2. The predicted octanol–water partition coefficient (Wildman–Crippen LogP) is 2.66. The van der Waals surface area contributed by atoms with Crippen molar-refractivity contribution in [3.8, 4) is 0 Å². The third-order valence-corrected chi connectivity index (χ3v) is 6.90.